The van der Waals surface area contributed by atoms with Crippen LogP contribution >= 0.6 is 0 Å². The van der Waals surface area contributed by atoms with Crippen LogP contribution in [-0.2, 0) is 11.3 Å². The molecule has 1 aliphatic heterocycles. The molecule has 0 bridgehead atoms. The first-order valence-electron chi connectivity index (χ1n) is 15.8. The summed E-state index contributed by atoms with van der Waals surface area (Å²) < 4.78 is 6.17. The molecule has 2 fully saturated rings. The topological polar surface area (TPSA) is 72.3 Å². The predicted octanol–water partition coefficient (Wildman–Crippen LogP) is 5.31. The standard InChI is InChI=1S/C33H51N5O3/c1-5-36(6-2)23-24-38(33(40)30-20-19-29(41-30)25-37-21-11-8-12-22-37)31(26-15-17-28(18-16-26)35(3)4)32(39)34-27-13-9-7-10-14-27/h15-20,27,31H,5-14,21-25H2,1-4H3,(H,34,39). The van der Waals surface area contributed by atoms with Crippen molar-refractivity contribution in [3.63, 3.8) is 0 Å². The number of furan rings is 1. The number of nitrogens with zero attached hydrogens (tertiary/aromatic N) is 4. The summed E-state index contributed by atoms with van der Waals surface area (Å²) in [7, 11) is 4.00. The molecule has 8 heteroatoms. The number of rotatable bonds is 13. The molecular formula is C33H51N5O3. The van der Waals surface area contributed by atoms with Gasteiger partial charge >= 0.3 is 0 Å². The van der Waals surface area contributed by atoms with Gasteiger partial charge in [0.1, 0.15) is 11.8 Å². The normalized spacial score (nSPS) is 17.4. The minimum atomic E-state index is -0.744. The van der Waals surface area contributed by atoms with Gasteiger partial charge in [-0.2, -0.15) is 0 Å². The molecular weight excluding hydrogens is 514 g/mol. The Bertz CT molecular complexity index is 1080. The van der Waals surface area contributed by atoms with Crippen LogP contribution in [0.3, 0.4) is 0 Å². The maximum absolute atomic E-state index is 14.2. The Labute approximate surface area is 247 Å². The van der Waals surface area contributed by atoms with Crippen molar-refractivity contribution in [3.05, 3.63) is 53.5 Å². The number of amides is 2. The highest BCUT2D eigenvalue weighted by atomic mass is 16.4. The molecule has 2 amide bonds. The number of hydrogen-bond donors (Lipinski definition) is 1. The number of nitrogens with one attached hydrogen (secondary N) is 1. The number of hydrogen-bond acceptors (Lipinski definition) is 6. The number of carbonyl (C=O) groups is 2. The van der Waals surface area contributed by atoms with Crippen molar-refractivity contribution in [2.45, 2.75) is 83.8 Å². The summed E-state index contributed by atoms with van der Waals surface area (Å²) in [6.07, 6.45) is 9.14. The van der Waals surface area contributed by atoms with Gasteiger partial charge in [-0.05, 0) is 81.7 Å². The lowest BCUT2D eigenvalue weighted by Gasteiger charge is -2.34. The Balaban J connectivity index is 1.64. The fourth-order valence-corrected chi connectivity index (χ4v) is 6.15. The molecule has 8 nitrogen and oxygen atoms in total. The van der Waals surface area contributed by atoms with Gasteiger partial charge < -0.3 is 24.4 Å². The quantitative estimate of drug-likeness (QED) is 0.355. The second-order valence-corrected chi connectivity index (χ2v) is 11.9. The first kappa shape index (κ1) is 31.1. The lowest BCUT2D eigenvalue weighted by atomic mass is 9.94. The van der Waals surface area contributed by atoms with Gasteiger partial charge in [0.05, 0.1) is 6.54 Å². The molecule has 2 aromatic rings. The van der Waals surface area contributed by atoms with Gasteiger partial charge in [0, 0.05) is 38.9 Å². The molecule has 1 saturated carbocycles. The fraction of sp³-hybridized carbons (Fsp3) is 0.636. The van der Waals surface area contributed by atoms with Gasteiger partial charge in [0.25, 0.3) is 5.91 Å². The zero-order valence-electron chi connectivity index (χ0n) is 25.7. The van der Waals surface area contributed by atoms with E-state index in [9.17, 15) is 9.59 Å². The average molecular weight is 566 g/mol. The molecule has 1 aromatic heterocycles. The van der Waals surface area contributed by atoms with E-state index in [4.69, 9.17) is 4.42 Å². The predicted molar refractivity (Wildman–Crippen MR) is 165 cm³/mol. The molecule has 1 unspecified atom stereocenters. The summed E-state index contributed by atoms with van der Waals surface area (Å²) >= 11 is 0. The van der Waals surface area contributed by atoms with E-state index in [0.29, 0.717) is 25.4 Å². The van der Waals surface area contributed by atoms with Crippen LogP contribution in [0.15, 0.2) is 40.8 Å². The lowest BCUT2D eigenvalue weighted by Crippen LogP contribution is -2.49. The first-order chi connectivity index (χ1) is 19.9. The largest absolute Gasteiger partial charge is 0.455 e. The van der Waals surface area contributed by atoms with Crippen LogP contribution in [0.5, 0.6) is 0 Å². The fourth-order valence-electron chi connectivity index (χ4n) is 6.15. The van der Waals surface area contributed by atoms with Gasteiger partial charge in [-0.3, -0.25) is 14.5 Å². The van der Waals surface area contributed by atoms with E-state index < -0.39 is 6.04 Å². The molecule has 226 valence electrons. The Kier molecular flexibility index (Phi) is 11.7. The van der Waals surface area contributed by atoms with Gasteiger partial charge in [-0.1, -0.05) is 51.7 Å². The number of piperidine rings is 1. The van der Waals surface area contributed by atoms with Crippen molar-refractivity contribution < 1.29 is 14.0 Å². The van der Waals surface area contributed by atoms with Crippen LogP contribution in [0.25, 0.3) is 0 Å². The molecule has 1 aliphatic carbocycles. The zero-order chi connectivity index (χ0) is 29.2. The molecule has 0 spiro atoms. The zero-order valence-corrected chi connectivity index (χ0v) is 25.7. The molecule has 4 rings (SSSR count). The summed E-state index contributed by atoms with van der Waals surface area (Å²) in [5.74, 6) is 0.763. The second kappa shape index (κ2) is 15.4. The molecule has 1 aromatic carbocycles. The summed E-state index contributed by atoms with van der Waals surface area (Å²) in [6, 6.07) is 11.1. The maximum atomic E-state index is 14.2. The van der Waals surface area contributed by atoms with E-state index in [-0.39, 0.29) is 17.9 Å². The van der Waals surface area contributed by atoms with Crippen LogP contribution in [-0.4, -0.2) is 85.9 Å². The number of anilines is 1. The summed E-state index contributed by atoms with van der Waals surface area (Å²) in [6.45, 7) is 9.98. The van der Waals surface area contributed by atoms with Crippen molar-refractivity contribution >= 4 is 17.5 Å². The van der Waals surface area contributed by atoms with Gasteiger partial charge in [0.15, 0.2) is 5.76 Å². The molecule has 1 atom stereocenters. The Morgan fingerprint density at radius 2 is 1.56 bits per heavy atom. The molecule has 1 saturated heterocycles. The third-order valence-corrected chi connectivity index (χ3v) is 8.75. The van der Waals surface area contributed by atoms with E-state index >= 15 is 0 Å². The monoisotopic (exact) mass is 565 g/mol. The lowest BCUT2D eigenvalue weighted by molar-refractivity contribution is -0.127. The minimum Gasteiger partial charge on any atom is -0.455 e. The minimum absolute atomic E-state index is 0.109. The van der Waals surface area contributed by atoms with Crippen LogP contribution in [0.4, 0.5) is 5.69 Å². The van der Waals surface area contributed by atoms with Crippen molar-refractivity contribution in [1.29, 1.82) is 0 Å². The first-order valence-corrected chi connectivity index (χ1v) is 15.8. The Morgan fingerprint density at radius 3 is 2.20 bits per heavy atom. The van der Waals surface area contributed by atoms with Crippen molar-refractivity contribution in [2.75, 3.05) is 58.3 Å². The third-order valence-electron chi connectivity index (χ3n) is 8.75. The SMILES string of the molecule is CCN(CC)CCN(C(=O)c1ccc(CN2CCCCC2)o1)C(C(=O)NC1CCCCC1)c1ccc(N(C)C)cc1. The van der Waals surface area contributed by atoms with Crippen molar-refractivity contribution in [2.24, 2.45) is 0 Å². The summed E-state index contributed by atoms with van der Waals surface area (Å²) in [5.41, 5.74) is 1.87. The number of likely N-dealkylation sites (N-methyl/N-ethyl adjacent to an activating group) is 1. The van der Waals surface area contributed by atoms with Crippen LogP contribution in [0, 0.1) is 0 Å². The van der Waals surface area contributed by atoms with E-state index in [1.54, 1.807) is 11.0 Å². The van der Waals surface area contributed by atoms with Gasteiger partial charge in [0.2, 0.25) is 5.91 Å². The number of benzene rings is 1. The maximum Gasteiger partial charge on any atom is 0.290 e. The smallest absolute Gasteiger partial charge is 0.290 e. The van der Waals surface area contributed by atoms with Crippen LogP contribution in [0.2, 0.25) is 0 Å². The molecule has 2 aliphatic rings. The van der Waals surface area contributed by atoms with Crippen molar-refractivity contribution in [3.8, 4) is 0 Å². The molecule has 1 N–H and O–H groups in total. The highest BCUT2D eigenvalue weighted by molar-refractivity contribution is 5.96. The number of likely N-dealkylation sites (tertiary alicyclic amines) is 1. The van der Waals surface area contributed by atoms with E-state index in [1.807, 2.05) is 49.3 Å². The molecule has 2 heterocycles. The van der Waals surface area contributed by atoms with Crippen LogP contribution in [0.1, 0.15) is 93.1 Å². The van der Waals surface area contributed by atoms with Crippen molar-refractivity contribution in [1.82, 2.24) is 20.0 Å². The van der Waals surface area contributed by atoms with Gasteiger partial charge in [-0.15, -0.1) is 0 Å². The van der Waals surface area contributed by atoms with Gasteiger partial charge in [-0.25, -0.2) is 0 Å². The van der Waals surface area contributed by atoms with E-state index in [1.165, 1.54) is 25.7 Å². The molecule has 41 heavy (non-hydrogen) atoms. The van der Waals surface area contributed by atoms with E-state index in [2.05, 4.69) is 29.0 Å². The third kappa shape index (κ3) is 8.58. The highest BCUT2D eigenvalue weighted by Crippen LogP contribution is 2.28. The Morgan fingerprint density at radius 1 is 0.902 bits per heavy atom. The molecule has 0 radical (unpaired) electrons. The second-order valence-electron chi connectivity index (χ2n) is 11.9. The summed E-state index contributed by atoms with van der Waals surface area (Å²) in [4.78, 5) is 36.8. The summed E-state index contributed by atoms with van der Waals surface area (Å²) in [5, 5.41) is 3.32. The Hall–Kier alpha value is -2.84. The van der Waals surface area contributed by atoms with Crippen LogP contribution < -0.4 is 10.2 Å². The highest BCUT2D eigenvalue weighted by Gasteiger charge is 2.35. The average Bonchev–Trinajstić information content (AvgIpc) is 3.46. The van der Waals surface area contributed by atoms with E-state index in [0.717, 1.165) is 68.9 Å². The number of carbonyl (C=O) groups excluding carboxylic acids is 2.